The van der Waals surface area contributed by atoms with E-state index in [-0.39, 0.29) is 0 Å². The normalized spacial score (nSPS) is 11.9. The summed E-state index contributed by atoms with van der Waals surface area (Å²) in [5, 5.41) is 3.27. The molecule has 0 fully saturated rings. The van der Waals surface area contributed by atoms with Gasteiger partial charge in [-0.2, -0.15) is 23.5 Å². The van der Waals surface area contributed by atoms with Gasteiger partial charge in [-0.1, -0.05) is 67.2 Å². The van der Waals surface area contributed by atoms with Crippen LogP contribution in [0, 0.1) is 4.91 Å². The molecule has 0 radical (unpaired) electrons. The van der Waals surface area contributed by atoms with Gasteiger partial charge in [0.05, 0.1) is 18.9 Å². The summed E-state index contributed by atoms with van der Waals surface area (Å²) in [7, 11) is 0. The van der Waals surface area contributed by atoms with E-state index < -0.39 is 0 Å². The highest BCUT2D eigenvalue weighted by molar-refractivity contribution is 7.99. The minimum atomic E-state index is 0.349. The van der Waals surface area contributed by atoms with Gasteiger partial charge in [-0.15, -0.1) is 4.91 Å². The molecule has 0 spiro atoms. The van der Waals surface area contributed by atoms with E-state index in [2.05, 4.69) is 66.4 Å². The Kier molecular flexibility index (Phi) is 10.9. The second kappa shape index (κ2) is 13.6. The van der Waals surface area contributed by atoms with Crippen molar-refractivity contribution in [3.8, 4) is 0 Å². The molecule has 27 heavy (non-hydrogen) atoms. The van der Waals surface area contributed by atoms with Crippen molar-refractivity contribution in [2.75, 3.05) is 19.0 Å². The van der Waals surface area contributed by atoms with Crippen LogP contribution in [0.1, 0.15) is 24.0 Å². The van der Waals surface area contributed by atoms with Crippen molar-refractivity contribution >= 4 is 23.5 Å². The molecule has 0 amide bonds. The van der Waals surface area contributed by atoms with E-state index >= 15 is 0 Å². The van der Waals surface area contributed by atoms with Crippen LogP contribution in [0.15, 0.2) is 78.1 Å². The minimum Gasteiger partial charge on any atom is -0.380 e. The average molecular weight is 402 g/mol. The van der Waals surface area contributed by atoms with E-state index in [0.29, 0.717) is 30.6 Å². The van der Waals surface area contributed by atoms with Crippen LogP contribution in [-0.4, -0.2) is 24.2 Å². The summed E-state index contributed by atoms with van der Waals surface area (Å²) < 4.78 is 5.78. The maximum Gasteiger partial charge on any atom is 0.0800 e. The summed E-state index contributed by atoms with van der Waals surface area (Å²) in [5.74, 6) is 3.14. The first kappa shape index (κ1) is 21.7. The predicted molar refractivity (Wildman–Crippen MR) is 119 cm³/mol. The van der Waals surface area contributed by atoms with Crippen molar-refractivity contribution in [2.45, 2.75) is 29.6 Å². The van der Waals surface area contributed by atoms with Gasteiger partial charge in [0.1, 0.15) is 0 Å². The van der Waals surface area contributed by atoms with Crippen molar-refractivity contribution in [3.63, 3.8) is 0 Å². The molecule has 1 atom stereocenters. The van der Waals surface area contributed by atoms with E-state index in [1.54, 1.807) is 0 Å². The highest BCUT2D eigenvalue weighted by atomic mass is 32.2. The van der Waals surface area contributed by atoms with Gasteiger partial charge in [0.2, 0.25) is 0 Å². The van der Waals surface area contributed by atoms with Gasteiger partial charge in [-0.3, -0.25) is 0 Å². The van der Waals surface area contributed by atoms with Gasteiger partial charge in [0.15, 0.2) is 0 Å². The van der Waals surface area contributed by atoms with E-state index in [4.69, 9.17) is 4.74 Å². The highest BCUT2D eigenvalue weighted by Crippen LogP contribution is 2.23. The molecule has 144 valence electrons. The number of nitroso groups, excluding NO2 is 1. The molecule has 0 aliphatic rings. The minimum absolute atomic E-state index is 0.349. The molecule has 1 unspecified atom stereocenters. The van der Waals surface area contributed by atoms with Crippen molar-refractivity contribution in [1.82, 2.24) is 0 Å². The summed E-state index contributed by atoms with van der Waals surface area (Å²) >= 11 is 3.90. The van der Waals surface area contributed by atoms with Crippen LogP contribution in [0.4, 0.5) is 0 Å². The molecule has 0 aliphatic heterocycles. The van der Waals surface area contributed by atoms with E-state index in [1.165, 1.54) is 11.1 Å². The Morgan fingerprint density at radius 2 is 1.63 bits per heavy atom. The summed E-state index contributed by atoms with van der Waals surface area (Å²) in [6.07, 6.45) is 1.60. The molecule has 0 bridgehead atoms. The molecule has 0 aromatic heterocycles. The summed E-state index contributed by atoms with van der Waals surface area (Å²) in [6, 6.07) is 21.1. The molecule has 2 aromatic carbocycles. The number of hydrogen-bond acceptors (Lipinski definition) is 5. The third-order valence-corrected chi connectivity index (χ3v) is 6.40. The van der Waals surface area contributed by atoms with Crippen LogP contribution < -0.4 is 0 Å². The zero-order chi connectivity index (χ0) is 19.2. The van der Waals surface area contributed by atoms with Crippen LogP contribution in [-0.2, 0) is 16.2 Å². The molecule has 0 saturated heterocycles. The standard InChI is InChI=1S/C22H27NO2S2/c1-19(23-24)12-14-25-16-22(27-18-21-10-6-3-7-11-21)13-15-26-17-20-8-4-2-5-9-20/h2-11,22H,1,12-18H2. The number of nitrogens with zero attached hydrogens (tertiary/aromatic N) is 1. The number of thioether (sulfide) groups is 2. The first-order valence-corrected chi connectivity index (χ1v) is 11.3. The summed E-state index contributed by atoms with van der Waals surface area (Å²) in [6.45, 7) is 4.78. The van der Waals surface area contributed by atoms with E-state index in [9.17, 15) is 4.91 Å². The van der Waals surface area contributed by atoms with Crippen LogP contribution in [0.2, 0.25) is 0 Å². The Morgan fingerprint density at radius 3 is 2.26 bits per heavy atom. The Balaban J connectivity index is 1.73. The fraction of sp³-hybridized carbons (Fsp3) is 0.364. The lowest BCUT2D eigenvalue weighted by atomic mass is 10.2. The largest absolute Gasteiger partial charge is 0.380 e. The van der Waals surface area contributed by atoms with Gasteiger partial charge in [0, 0.05) is 23.2 Å². The zero-order valence-electron chi connectivity index (χ0n) is 15.6. The van der Waals surface area contributed by atoms with Crippen molar-refractivity contribution in [1.29, 1.82) is 0 Å². The highest BCUT2D eigenvalue weighted by Gasteiger charge is 2.11. The van der Waals surface area contributed by atoms with Crippen LogP contribution in [0.3, 0.4) is 0 Å². The van der Waals surface area contributed by atoms with Crippen molar-refractivity contribution < 1.29 is 4.74 Å². The lowest BCUT2D eigenvalue weighted by molar-refractivity contribution is 0.137. The van der Waals surface area contributed by atoms with Gasteiger partial charge < -0.3 is 4.74 Å². The molecule has 3 nitrogen and oxygen atoms in total. The fourth-order valence-electron chi connectivity index (χ4n) is 2.43. The number of ether oxygens (including phenoxy) is 1. The van der Waals surface area contributed by atoms with Gasteiger partial charge in [-0.25, -0.2) is 0 Å². The predicted octanol–water partition coefficient (Wildman–Crippen LogP) is 6.30. The second-order valence-corrected chi connectivity index (χ2v) is 8.62. The van der Waals surface area contributed by atoms with Crippen LogP contribution in [0.5, 0.6) is 0 Å². The lowest BCUT2D eigenvalue weighted by Gasteiger charge is -2.17. The monoisotopic (exact) mass is 401 g/mol. The first-order valence-electron chi connectivity index (χ1n) is 9.14. The van der Waals surface area contributed by atoms with Crippen molar-refractivity contribution in [3.05, 3.63) is 89.0 Å². The van der Waals surface area contributed by atoms with Crippen LogP contribution >= 0.6 is 23.5 Å². The number of hydrogen-bond donors (Lipinski definition) is 0. The second-order valence-electron chi connectivity index (χ2n) is 6.23. The number of benzene rings is 2. The molecule has 0 heterocycles. The summed E-state index contributed by atoms with van der Waals surface area (Å²) in [4.78, 5) is 10.4. The van der Waals surface area contributed by atoms with Gasteiger partial charge >= 0.3 is 0 Å². The van der Waals surface area contributed by atoms with E-state index in [1.807, 2.05) is 29.6 Å². The fourth-order valence-corrected chi connectivity index (χ4v) is 4.70. The summed E-state index contributed by atoms with van der Waals surface area (Å²) in [5.41, 5.74) is 3.05. The first-order chi connectivity index (χ1) is 13.3. The average Bonchev–Trinajstić information content (AvgIpc) is 2.73. The Morgan fingerprint density at radius 1 is 1.00 bits per heavy atom. The maximum atomic E-state index is 10.4. The SMILES string of the molecule is C=C(CCOCC(CCSCc1ccccc1)SCc1ccccc1)N=O. The zero-order valence-corrected chi connectivity index (χ0v) is 17.2. The smallest absolute Gasteiger partial charge is 0.0800 e. The molecule has 0 N–H and O–H groups in total. The lowest BCUT2D eigenvalue weighted by Crippen LogP contribution is -2.14. The Hall–Kier alpha value is -1.56. The maximum absolute atomic E-state index is 10.4. The molecular formula is C22H27NO2S2. The van der Waals surface area contributed by atoms with E-state index in [0.717, 1.165) is 23.7 Å². The van der Waals surface area contributed by atoms with Crippen molar-refractivity contribution in [2.24, 2.45) is 5.18 Å². The van der Waals surface area contributed by atoms with Gasteiger partial charge in [0.25, 0.3) is 0 Å². The molecule has 0 saturated carbocycles. The topological polar surface area (TPSA) is 38.7 Å². The van der Waals surface area contributed by atoms with Crippen LogP contribution in [0.25, 0.3) is 0 Å². The molecule has 5 heteroatoms. The molecule has 2 rings (SSSR count). The molecule has 0 aliphatic carbocycles. The third kappa shape index (κ3) is 9.80. The molecule has 2 aromatic rings. The Bertz CT molecular complexity index is 665. The number of rotatable bonds is 14. The third-order valence-electron chi connectivity index (χ3n) is 3.99. The Labute approximate surface area is 171 Å². The molecular weight excluding hydrogens is 374 g/mol. The quantitative estimate of drug-likeness (QED) is 0.275. The van der Waals surface area contributed by atoms with Gasteiger partial charge in [-0.05, 0) is 28.5 Å².